The molecule has 1 nitrogen and oxygen atoms in total. The molecule has 0 bridgehead atoms. The molecule has 1 aromatic carbocycles. The molecule has 0 spiro atoms. The number of halogens is 2. The molecule has 57 valence electrons. The van der Waals surface area contributed by atoms with Gasteiger partial charge in [0.2, 0.25) is 0 Å². The first-order valence-electron chi connectivity index (χ1n) is 2.79. The van der Waals surface area contributed by atoms with Gasteiger partial charge in [-0.05, 0) is 12.1 Å². The number of rotatable bonds is 1. The molecule has 1 aromatic rings. The number of hydrogen-bond acceptors (Lipinski definition) is 1. The second-order valence-corrected chi connectivity index (χ2v) is 1.78. The second kappa shape index (κ2) is 4.47. The summed E-state index contributed by atoms with van der Waals surface area (Å²) in [5, 5.41) is 2.55. The standard InChI is InChI=1S/C7H6F2N.Ti/c1-10-7-3-2-5(8)4-6(7)9;/h2-3,10H,1H3;. The molecule has 0 amide bonds. The summed E-state index contributed by atoms with van der Waals surface area (Å²) in [5.74, 6) is -1.38. The van der Waals surface area contributed by atoms with Crippen LogP contribution in [0.1, 0.15) is 0 Å². The Hall–Kier alpha value is -0.406. The maximum Gasteiger partial charge on any atom is 0.157 e. The largest absolute Gasteiger partial charge is 0.386 e. The van der Waals surface area contributed by atoms with Gasteiger partial charge in [0.25, 0.3) is 0 Å². The van der Waals surface area contributed by atoms with Gasteiger partial charge in [-0.3, -0.25) is 0 Å². The average molecular weight is 190 g/mol. The van der Waals surface area contributed by atoms with Crippen LogP contribution in [0.15, 0.2) is 12.1 Å². The summed E-state index contributed by atoms with van der Waals surface area (Å²) < 4.78 is 24.7. The summed E-state index contributed by atoms with van der Waals surface area (Å²) in [7, 11) is 1.56. The summed E-state index contributed by atoms with van der Waals surface area (Å²) in [5.41, 5.74) is 0.251. The molecule has 1 N–H and O–H groups in total. The fourth-order valence-electron chi connectivity index (χ4n) is 0.637. The monoisotopic (exact) mass is 190 g/mol. The molecule has 4 heteroatoms. The van der Waals surface area contributed by atoms with Gasteiger partial charge in [-0.15, -0.1) is 0 Å². The van der Waals surface area contributed by atoms with Crippen LogP contribution in [-0.4, -0.2) is 7.05 Å². The Morgan fingerprint density at radius 3 is 2.45 bits per heavy atom. The van der Waals surface area contributed by atoms with E-state index in [0.29, 0.717) is 0 Å². The zero-order valence-electron chi connectivity index (χ0n) is 5.91. The first-order valence-corrected chi connectivity index (χ1v) is 2.79. The summed E-state index contributed by atoms with van der Waals surface area (Å²) in [6.45, 7) is 0. The minimum absolute atomic E-state index is 0. The van der Waals surface area contributed by atoms with Crippen LogP contribution in [-0.2, 0) is 21.7 Å². The van der Waals surface area contributed by atoms with Crippen molar-refractivity contribution >= 4 is 5.69 Å². The van der Waals surface area contributed by atoms with Crippen molar-refractivity contribution in [1.82, 2.24) is 0 Å². The van der Waals surface area contributed by atoms with E-state index in [0.717, 1.165) is 6.07 Å². The summed E-state index contributed by atoms with van der Waals surface area (Å²) in [6, 6.07) is 4.36. The summed E-state index contributed by atoms with van der Waals surface area (Å²) >= 11 is 0. The fourth-order valence-corrected chi connectivity index (χ4v) is 0.637. The van der Waals surface area contributed by atoms with Crippen LogP contribution in [0.25, 0.3) is 0 Å². The predicted octanol–water partition coefficient (Wildman–Crippen LogP) is 1.80. The van der Waals surface area contributed by atoms with Gasteiger partial charge in [-0.1, -0.05) is 0 Å². The zero-order chi connectivity index (χ0) is 7.56. The third-order valence-corrected chi connectivity index (χ3v) is 1.13. The Morgan fingerprint density at radius 2 is 2.00 bits per heavy atom. The zero-order valence-corrected chi connectivity index (χ0v) is 7.47. The number of anilines is 1. The van der Waals surface area contributed by atoms with Gasteiger partial charge in [0.05, 0.1) is 11.8 Å². The van der Waals surface area contributed by atoms with Crippen LogP contribution in [0.2, 0.25) is 0 Å². The van der Waals surface area contributed by atoms with Gasteiger partial charge in [0.1, 0.15) is 5.82 Å². The molecule has 0 aliphatic carbocycles. The fraction of sp³-hybridized carbons (Fsp3) is 0.143. The number of nitrogens with one attached hydrogen (secondary N) is 1. The molecule has 0 aliphatic heterocycles. The van der Waals surface area contributed by atoms with E-state index in [1.54, 1.807) is 7.05 Å². The van der Waals surface area contributed by atoms with Gasteiger partial charge < -0.3 is 5.32 Å². The van der Waals surface area contributed by atoms with Crippen molar-refractivity contribution in [3.8, 4) is 0 Å². The van der Waals surface area contributed by atoms with Gasteiger partial charge in [-0.2, -0.15) is 0 Å². The molecule has 0 fully saturated rings. The van der Waals surface area contributed by atoms with E-state index in [-0.39, 0.29) is 27.4 Å². The molecule has 1 rings (SSSR count). The Labute approximate surface area is 78.7 Å². The third kappa shape index (κ3) is 2.60. The topological polar surface area (TPSA) is 12.0 Å². The maximum absolute atomic E-state index is 12.5. The molecule has 0 unspecified atom stereocenters. The van der Waals surface area contributed by atoms with E-state index in [2.05, 4.69) is 5.32 Å². The Balaban J connectivity index is 0.000001000. The summed E-state index contributed by atoms with van der Waals surface area (Å²) in [4.78, 5) is 0. The molecule has 11 heavy (non-hydrogen) atoms. The van der Waals surface area contributed by atoms with E-state index in [4.69, 9.17) is 0 Å². The van der Waals surface area contributed by atoms with Crippen LogP contribution in [0.5, 0.6) is 0 Å². The molecule has 0 atom stereocenters. The van der Waals surface area contributed by atoms with E-state index in [1.807, 2.05) is 6.07 Å². The maximum atomic E-state index is 12.5. The van der Waals surface area contributed by atoms with Crippen LogP contribution < -0.4 is 5.32 Å². The van der Waals surface area contributed by atoms with Gasteiger partial charge in [0.15, 0.2) is 5.82 Å². The molecule has 0 aliphatic rings. The van der Waals surface area contributed by atoms with E-state index in [9.17, 15) is 8.78 Å². The van der Waals surface area contributed by atoms with Crippen LogP contribution in [0.3, 0.4) is 0 Å². The van der Waals surface area contributed by atoms with Crippen molar-refractivity contribution in [2.75, 3.05) is 12.4 Å². The Morgan fingerprint density at radius 1 is 1.36 bits per heavy atom. The smallest absolute Gasteiger partial charge is 0.157 e. The normalized spacial score (nSPS) is 8.64. The second-order valence-electron chi connectivity index (χ2n) is 1.78. The van der Waals surface area contributed by atoms with Crippen molar-refractivity contribution in [2.24, 2.45) is 0 Å². The Kier molecular flexibility index (Phi) is 4.30. The minimum Gasteiger partial charge on any atom is -0.386 e. The molecule has 0 saturated carbocycles. The van der Waals surface area contributed by atoms with Crippen molar-refractivity contribution < 1.29 is 30.5 Å². The van der Waals surface area contributed by atoms with Crippen molar-refractivity contribution in [1.29, 1.82) is 0 Å². The van der Waals surface area contributed by atoms with E-state index >= 15 is 0 Å². The Bertz CT molecular complexity index is 240. The number of benzene rings is 1. The van der Waals surface area contributed by atoms with Gasteiger partial charge in [-0.25, -0.2) is 8.78 Å². The molecule has 0 aromatic heterocycles. The quantitative estimate of drug-likeness (QED) is 0.665. The van der Waals surface area contributed by atoms with E-state index < -0.39 is 11.6 Å². The number of hydrogen-bond donors (Lipinski definition) is 1. The average Bonchev–Trinajstić information content (AvgIpc) is 1.88. The van der Waals surface area contributed by atoms with Gasteiger partial charge in [0, 0.05) is 28.8 Å². The molecular formula is C7H6F2NTi. The summed E-state index contributed by atoms with van der Waals surface area (Å²) in [6.07, 6.45) is 0. The molecular weight excluding hydrogens is 184 g/mol. The molecule has 0 heterocycles. The first kappa shape index (κ1) is 10.6. The predicted molar refractivity (Wildman–Crippen MR) is 34.7 cm³/mol. The third-order valence-electron chi connectivity index (χ3n) is 1.13. The van der Waals surface area contributed by atoms with E-state index in [1.165, 1.54) is 6.07 Å². The van der Waals surface area contributed by atoms with Crippen molar-refractivity contribution in [2.45, 2.75) is 0 Å². The first-order chi connectivity index (χ1) is 4.74. The minimum atomic E-state index is -0.692. The SMILES string of the molecule is CNc1ccc(F)[c]c1F.[Ti]. The van der Waals surface area contributed by atoms with Gasteiger partial charge >= 0.3 is 0 Å². The van der Waals surface area contributed by atoms with Crippen molar-refractivity contribution in [3.63, 3.8) is 0 Å². The molecule has 0 saturated heterocycles. The van der Waals surface area contributed by atoms with Crippen molar-refractivity contribution in [3.05, 3.63) is 29.8 Å². The van der Waals surface area contributed by atoms with Crippen LogP contribution >= 0.6 is 0 Å². The van der Waals surface area contributed by atoms with Crippen LogP contribution in [0, 0.1) is 17.7 Å². The molecule has 1 radical (unpaired) electrons. The van der Waals surface area contributed by atoms with Crippen LogP contribution in [0.4, 0.5) is 14.5 Å².